The second-order valence-electron chi connectivity index (χ2n) is 5.85. The molecule has 1 aromatic carbocycles. The van der Waals surface area contributed by atoms with E-state index in [1.54, 1.807) is 16.8 Å². The average Bonchev–Trinajstić information content (AvgIpc) is 2.78. The van der Waals surface area contributed by atoms with Gasteiger partial charge in [0.15, 0.2) is 0 Å². The maximum absolute atomic E-state index is 12.3. The minimum Gasteiger partial charge on any atom is -0.343 e. The van der Waals surface area contributed by atoms with Crippen LogP contribution in [0.15, 0.2) is 28.7 Å². The fraction of sp³-hybridized carbons (Fsp3) is 0.500. The normalized spacial score (nSPS) is 18.4. The highest BCUT2D eigenvalue weighted by Crippen LogP contribution is 2.23. The summed E-state index contributed by atoms with van der Waals surface area (Å²) in [5.74, 6) is -0.0855. The molecule has 1 heterocycles. The Bertz CT molecular complexity index is 545. The van der Waals surface area contributed by atoms with Crippen molar-refractivity contribution in [3.63, 3.8) is 0 Å². The Kier molecular flexibility index (Phi) is 5.04. The van der Waals surface area contributed by atoms with Gasteiger partial charge in [-0.15, -0.1) is 0 Å². The molecule has 1 aliphatic heterocycles. The summed E-state index contributed by atoms with van der Waals surface area (Å²) in [4.78, 5) is 27.9. The highest BCUT2D eigenvalue weighted by Gasteiger charge is 2.36. The highest BCUT2D eigenvalue weighted by molar-refractivity contribution is 9.10. The van der Waals surface area contributed by atoms with E-state index in [0.29, 0.717) is 19.5 Å². The molecule has 0 aromatic heterocycles. The van der Waals surface area contributed by atoms with E-state index in [2.05, 4.69) is 15.9 Å². The van der Waals surface area contributed by atoms with Crippen LogP contribution < -0.4 is 0 Å². The standard InChI is InChI=1S/C16H21BrN2O2/c1-11(2)18(3)16(21)13-8-15(20)19(10-13)9-12-5-4-6-14(17)7-12/h4-7,11,13H,8-10H2,1-3H3. The molecule has 1 aromatic rings. The Balaban J connectivity index is 2.01. The number of rotatable bonds is 4. The number of halogens is 1. The third kappa shape index (κ3) is 3.84. The number of likely N-dealkylation sites (tertiary alicyclic amines) is 1. The van der Waals surface area contributed by atoms with Gasteiger partial charge in [-0.3, -0.25) is 9.59 Å². The van der Waals surface area contributed by atoms with E-state index in [1.165, 1.54) is 0 Å². The summed E-state index contributed by atoms with van der Waals surface area (Å²) in [6, 6.07) is 8.07. The van der Waals surface area contributed by atoms with Crippen LogP contribution in [0.3, 0.4) is 0 Å². The third-order valence-electron chi connectivity index (χ3n) is 3.95. The molecule has 1 aliphatic rings. The van der Waals surface area contributed by atoms with Gasteiger partial charge in [0.05, 0.1) is 5.92 Å². The number of hydrogen-bond acceptors (Lipinski definition) is 2. The van der Waals surface area contributed by atoms with Crippen molar-refractivity contribution < 1.29 is 9.59 Å². The molecule has 0 radical (unpaired) electrons. The minimum atomic E-state index is -0.211. The van der Waals surface area contributed by atoms with Gasteiger partial charge in [0.1, 0.15) is 0 Å². The molecule has 0 saturated carbocycles. The predicted molar refractivity (Wildman–Crippen MR) is 85.6 cm³/mol. The molecule has 0 aliphatic carbocycles. The number of benzene rings is 1. The van der Waals surface area contributed by atoms with E-state index >= 15 is 0 Å². The lowest BCUT2D eigenvalue weighted by atomic mass is 10.1. The largest absolute Gasteiger partial charge is 0.343 e. The van der Waals surface area contributed by atoms with Crippen molar-refractivity contribution >= 4 is 27.7 Å². The van der Waals surface area contributed by atoms with Gasteiger partial charge in [-0.2, -0.15) is 0 Å². The maximum Gasteiger partial charge on any atom is 0.227 e. The second-order valence-corrected chi connectivity index (χ2v) is 6.76. The van der Waals surface area contributed by atoms with Gasteiger partial charge in [-0.1, -0.05) is 28.1 Å². The fourth-order valence-corrected chi connectivity index (χ4v) is 2.94. The molecule has 1 fully saturated rings. The zero-order chi connectivity index (χ0) is 15.6. The van der Waals surface area contributed by atoms with Gasteiger partial charge >= 0.3 is 0 Å². The minimum absolute atomic E-state index is 0.0606. The Morgan fingerprint density at radius 2 is 2.19 bits per heavy atom. The van der Waals surface area contributed by atoms with E-state index in [4.69, 9.17) is 0 Å². The van der Waals surface area contributed by atoms with Crippen molar-refractivity contribution in [1.29, 1.82) is 0 Å². The van der Waals surface area contributed by atoms with Gasteiger partial charge in [-0.25, -0.2) is 0 Å². The molecule has 21 heavy (non-hydrogen) atoms. The first kappa shape index (κ1) is 16.0. The van der Waals surface area contributed by atoms with Gasteiger partial charge in [-0.05, 0) is 31.5 Å². The van der Waals surface area contributed by atoms with Crippen LogP contribution in [-0.4, -0.2) is 41.2 Å². The summed E-state index contributed by atoms with van der Waals surface area (Å²) in [5.41, 5.74) is 1.07. The SMILES string of the molecule is CC(C)N(C)C(=O)C1CC(=O)N(Cc2cccc(Br)c2)C1. The smallest absolute Gasteiger partial charge is 0.227 e. The number of nitrogens with zero attached hydrogens (tertiary/aromatic N) is 2. The van der Waals surface area contributed by atoms with E-state index in [0.717, 1.165) is 10.0 Å². The maximum atomic E-state index is 12.3. The van der Waals surface area contributed by atoms with Crippen molar-refractivity contribution in [2.24, 2.45) is 5.92 Å². The third-order valence-corrected chi connectivity index (χ3v) is 4.44. The Hall–Kier alpha value is -1.36. The summed E-state index contributed by atoms with van der Waals surface area (Å²) in [6.07, 6.45) is 0.323. The van der Waals surface area contributed by atoms with Crippen LogP contribution in [-0.2, 0) is 16.1 Å². The van der Waals surface area contributed by atoms with E-state index in [1.807, 2.05) is 38.1 Å². The quantitative estimate of drug-likeness (QED) is 0.835. The average molecular weight is 353 g/mol. The molecule has 0 N–H and O–H groups in total. The van der Waals surface area contributed by atoms with Crippen molar-refractivity contribution in [1.82, 2.24) is 9.80 Å². The van der Waals surface area contributed by atoms with Crippen LogP contribution in [0.25, 0.3) is 0 Å². The zero-order valence-corrected chi connectivity index (χ0v) is 14.3. The summed E-state index contributed by atoms with van der Waals surface area (Å²) in [7, 11) is 1.80. The molecule has 1 unspecified atom stereocenters. The predicted octanol–water partition coefficient (Wildman–Crippen LogP) is 2.66. The van der Waals surface area contributed by atoms with Crippen LogP contribution >= 0.6 is 15.9 Å². The summed E-state index contributed by atoms with van der Waals surface area (Å²) >= 11 is 3.43. The molecule has 0 bridgehead atoms. The topological polar surface area (TPSA) is 40.6 Å². The number of amides is 2. The van der Waals surface area contributed by atoms with E-state index in [-0.39, 0.29) is 23.8 Å². The molecule has 0 spiro atoms. The first-order valence-electron chi connectivity index (χ1n) is 7.17. The molecular formula is C16H21BrN2O2. The number of hydrogen-bond donors (Lipinski definition) is 0. The molecule has 2 amide bonds. The fourth-order valence-electron chi connectivity index (χ4n) is 2.49. The van der Waals surface area contributed by atoms with Crippen molar-refractivity contribution in [3.8, 4) is 0 Å². The van der Waals surface area contributed by atoms with Gasteiger partial charge in [0, 0.05) is 37.1 Å². The second kappa shape index (κ2) is 6.60. The van der Waals surface area contributed by atoms with Crippen LogP contribution in [0, 0.1) is 5.92 Å². The molecule has 114 valence electrons. The summed E-state index contributed by atoms with van der Waals surface area (Å²) in [5, 5.41) is 0. The lowest BCUT2D eigenvalue weighted by Gasteiger charge is -2.24. The monoisotopic (exact) mass is 352 g/mol. The van der Waals surface area contributed by atoms with E-state index in [9.17, 15) is 9.59 Å². The van der Waals surface area contributed by atoms with Gasteiger partial charge < -0.3 is 9.80 Å². The first-order chi connectivity index (χ1) is 9.88. The van der Waals surface area contributed by atoms with E-state index < -0.39 is 0 Å². The lowest BCUT2D eigenvalue weighted by Crippen LogP contribution is -2.38. The molecule has 1 atom stereocenters. The van der Waals surface area contributed by atoms with Crippen LogP contribution in [0.1, 0.15) is 25.8 Å². The number of carbonyl (C=O) groups is 2. The van der Waals surface area contributed by atoms with Crippen LogP contribution in [0.4, 0.5) is 0 Å². The summed E-state index contributed by atoms with van der Waals surface area (Å²) in [6.45, 7) is 5.04. The summed E-state index contributed by atoms with van der Waals surface area (Å²) < 4.78 is 0.999. The number of carbonyl (C=O) groups excluding carboxylic acids is 2. The van der Waals surface area contributed by atoms with Crippen LogP contribution in [0.2, 0.25) is 0 Å². The first-order valence-corrected chi connectivity index (χ1v) is 7.96. The van der Waals surface area contributed by atoms with Crippen molar-refractivity contribution in [3.05, 3.63) is 34.3 Å². The lowest BCUT2D eigenvalue weighted by molar-refractivity contribution is -0.136. The molecule has 5 heteroatoms. The molecule has 1 saturated heterocycles. The van der Waals surface area contributed by atoms with Gasteiger partial charge in [0.2, 0.25) is 11.8 Å². The molecular weight excluding hydrogens is 332 g/mol. The highest BCUT2D eigenvalue weighted by atomic mass is 79.9. The molecule has 4 nitrogen and oxygen atoms in total. The Morgan fingerprint density at radius 3 is 2.81 bits per heavy atom. The Labute approximate surface area is 134 Å². The van der Waals surface area contributed by atoms with Crippen molar-refractivity contribution in [2.45, 2.75) is 32.9 Å². The zero-order valence-electron chi connectivity index (χ0n) is 12.7. The molecule has 2 rings (SSSR count). The van der Waals surface area contributed by atoms with Gasteiger partial charge in [0.25, 0.3) is 0 Å². The van der Waals surface area contributed by atoms with Crippen LogP contribution in [0.5, 0.6) is 0 Å². The van der Waals surface area contributed by atoms with Crippen molar-refractivity contribution in [2.75, 3.05) is 13.6 Å². The Morgan fingerprint density at radius 1 is 1.48 bits per heavy atom.